The van der Waals surface area contributed by atoms with Gasteiger partial charge in [0, 0.05) is 25.8 Å². The van der Waals surface area contributed by atoms with Crippen molar-refractivity contribution in [2.75, 3.05) is 5.32 Å². The molecule has 1 aromatic heterocycles. The summed E-state index contributed by atoms with van der Waals surface area (Å²) in [5.41, 5.74) is 2.89. The summed E-state index contributed by atoms with van der Waals surface area (Å²) < 4.78 is 2.99. The monoisotopic (exact) mass is 447 g/mol. The second kappa shape index (κ2) is 6.33. The van der Waals surface area contributed by atoms with Gasteiger partial charge in [-0.05, 0) is 57.8 Å². The van der Waals surface area contributed by atoms with E-state index < -0.39 is 0 Å². The first-order chi connectivity index (χ1) is 8.99. The summed E-state index contributed by atoms with van der Waals surface area (Å²) in [7, 11) is 0. The Morgan fingerprint density at radius 2 is 1.63 bits per heavy atom. The normalized spacial score (nSPS) is 12.3. The average Bonchev–Trinajstić information content (AvgIpc) is 2.34. The Bertz CT molecular complexity index is 578. The maximum atomic E-state index is 4.39. The van der Waals surface area contributed by atoms with E-state index >= 15 is 0 Å². The van der Waals surface area contributed by atoms with Crippen LogP contribution in [-0.2, 0) is 0 Å². The van der Waals surface area contributed by atoms with Gasteiger partial charge < -0.3 is 5.32 Å². The van der Waals surface area contributed by atoms with Gasteiger partial charge in [0.2, 0.25) is 0 Å². The molecule has 0 aliphatic rings. The lowest BCUT2D eigenvalue weighted by molar-refractivity contribution is 0.808. The predicted molar refractivity (Wildman–Crippen MR) is 88.3 cm³/mol. The molecule has 1 aromatic carbocycles. The zero-order chi connectivity index (χ0) is 14.0. The number of aromatic nitrogens is 2. The zero-order valence-electron chi connectivity index (χ0n) is 10.4. The summed E-state index contributed by atoms with van der Waals surface area (Å²) in [5.74, 6) is 0. The number of hydrogen-bond acceptors (Lipinski definition) is 3. The van der Waals surface area contributed by atoms with E-state index in [4.69, 9.17) is 0 Å². The van der Waals surface area contributed by atoms with E-state index in [0.29, 0.717) is 0 Å². The summed E-state index contributed by atoms with van der Waals surface area (Å²) >= 11 is 10.6. The van der Waals surface area contributed by atoms with Crippen molar-refractivity contribution in [2.24, 2.45) is 0 Å². The Kier molecular flexibility index (Phi) is 4.97. The Balaban J connectivity index is 2.29. The molecular formula is C13H12Br3N3. The van der Waals surface area contributed by atoms with Crippen LogP contribution < -0.4 is 5.32 Å². The first-order valence-corrected chi connectivity index (χ1v) is 8.05. The van der Waals surface area contributed by atoms with Gasteiger partial charge in [0.15, 0.2) is 0 Å². The van der Waals surface area contributed by atoms with Crippen molar-refractivity contribution in [3.63, 3.8) is 0 Å². The van der Waals surface area contributed by atoms with E-state index in [1.807, 2.05) is 19.1 Å². The molecule has 0 amide bonds. The van der Waals surface area contributed by atoms with Crippen LogP contribution in [-0.4, -0.2) is 9.97 Å². The molecule has 100 valence electrons. The van der Waals surface area contributed by atoms with Crippen LogP contribution in [0, 0.1) is 6.92 Å². The molecule has 0 saturated carbocycles. The highest BCUT2D eigenvalue weighted by Crippen LogP contribution is 2.36. The molecule has 0 fully saturated rings. The molecule has 1 N–H and O–H groups in total. The number of anilines is 1. The number of hydrogen-bond donors (Lipinski definition) is 1. The summed E-state index contributed by atoms with van der Waals surface area (Å²) in [6, 6.07) is 4.08. The molecule has 3 nitrogen and oxygen atoms in total. The van der Waals surface area contributed by atoms with E-state index in [9.17, 15) is 0 Å². The fourth-order valence-corrected chi connectivity index (χ4v) is 4.30. The third-order valence-corrected chi connectivity index (χ3v) is 4.41. The van der Waals surface area contributed by atoms with Gasteiger partial charge in [0.05, 0.1) is 23.1 Å². The molecule has 19 heavy (non-hydrogen) atoms. The van der Waals surface area contributed by atoms with Gasteiger partial charge >= 0.3 is 0 Å². The minimum Gasteiger partial charge on any atom is -0.375 e. The number of halogens is 3. The van der Waals surface area contributed by atoms with Crippen molar-refractivity contribution >= 4 is 53.5 Å². The van der Waals surface area contributed by atoms with Crippen LogP contribution in [0.25, 0.3) is 0 Å². The quantitative estimate of drug-likeness (QED) is 0.695. The highest BCUT2D eigenvalue weighted by molar-refractivity contribution is 9.11. The van der Waals surface area contributed by atoms with E-state index in [2.05, 4.69) is 70.0 Å². The molecule has 0 aliphatic carbocycles. The number of aryl methyl sites for hydroxylation is 1. The smallest absolute Gasteiger partial charge is 0.0835 e. The first-order valence-electron chi connectivity index (χ1n) is 5.67. The van der Waals surface area contributed by atoms with Gasteiger partial charge in [-0.1, -0.05) is 15.9 Å². The molecule has 0 saturated heterocycles. The molecule has 2 aromatic rings. The van der Waals surface area contributed by atoms with Gasteiger partial charge in [-0.25, -0.2) is 0 Å². The van der Waals surface area contributed by atoms with Gasteiger partial charge in [-0.15, -0.1) is 0 Å². The van der Waals surface area contributed by atoms with E-state index in [1.54, 1.807) is 12.4 Å². The van der Waals surface area contributed by atoms with Crippen molar-refractivity contribution in [3.05, 3.63) is 49.3 Å². The first kappa shape index (κ1) is 14.9. The molecule has 1 atom stereocenters. The highest BCUT2D eigenvalue weighted by Gasteiger charge is 2.14. The molecule has 0 spiro atoms. The van der Waals surface area contributed by atoms with Crippen LogP contribution in [0.5, 0.6) is 0 Å². The minimum atomic E-state index is 0.0717. The van der Waals surface area contributed by atoms with Crippen LogP contribution in [0.4, 0.5) is 5.69 Å². The van der Waals surface area contributed by atoms with Gasteiger partial charge in [0.1, 0.15) is 0 Å². The topological polar surface area (TPSA) is 37.8 Å². The lowest BCUT2D eigenvalue weighted by Gasteiger charge is -2.18. The SMILES string of the molecule is Cc1nccnc1C(C)Nc1c(Br)cc(Br)cc1Br. The maximum absolute atomic E-state index is 4.39. The molecule has 0 radical (unpaired) electrons. The third-order valence-electron chi connectivity index (χ3n) is 2.70. The largest absolute Gasteiger partial charge is 0.375 e. The van der Waals surface area contributed by atoms with Crippen LogP contribution in [0.2, 0.25) is 0 Å². The van der Waals surface area contributed by atoms with Crippen LogP contribution in [0.3, 0.4) is 0 Å². The highest BCUT2D eigenvalue weighted by atomic mass is 79.9. The summed E-state index contributed by atoms with van der Waals surface area (Å²) in [6.45, 7) is 4.03. The molecule has 6 heteroatoms. The Morgan fingerprint density at radius 1 is 1.05 bits per heavy atom. The van der Waals surface area contributed by atoms with Crippen LogP contribution in [0.1, 0.15) is 24.4 Å². The average molecular weight is 450 g/mol. The predicted octanol–water partition coefficient (Wildman–Crippen LogP) is 5.25. The second-order valence-corrected chi connectivity index (χ2v) is 6.76. The van der Waals surface area contributed by atoms with Crippen molar-refractivity contribution in [3.8, 4) is 0 Å². The molecule has 0 bridgehead atoms. The minimum absolute atomic E-state index is 0.0717. The summed E-state index contributed by atoms with van der Waals surface area (Å²) in [6.07, 6.45) is 3.42. The lowest BCUT2D eigenvalue weighted by Crippen LogP contribution is -2.11. The number of nitrogens with zero attached hydrogens (tertiary/aromatic N) is 2. The summed E-state index contributed by atoms with van der Waals surface area (Å²) in [5, 5.41) is 3.45. The van der Waals surface area contributed by atoms with Crippen molar-refractivity contribution in [1.29, 1.82) is 0 Å². The molecular weight excluding hydrogens is 438 g/mol. The van der Waals surface area contributed by atoms with Gasteiger partial charge in [-0.2, -0.15) is 0 Å². The Morgan fingerprint density at radius 3 is 2.21 bits per heavy atom. The molecule has 1 heterocycles. The van der Waals surface area contributed by atoms with E-state index in [1.165, 1.54) is 0 Å². The van der Waals surface area contributed by atoms with E-state index in [-0.39, 0.29) is 6.04 Å². The maximum Gasteiger partial charge on any atom is 0.0835 e. The fourth-order valence-electron chi connectivity index (χ4n) is 1.81. The standard InChI is InChI=1S/C13H12Br3N3/c1-7-12(18-4-3-17-7)8(2)19-13-10(15)5-9(14)6-11(13)16/h3-6,8,19H,1-2H3. The Labute approximate surface area is 137 Å². The van der Waals surface area contributed by atoms with E-state index in [0.717, 1.165) is 30.5 Å². The zero-order valence-corrected chi connectivity index (χ0v) is 15.2. The third kappa shape index (κ3) is 3.55. The van der Waals surface area contributed by atoms with Gasteiger partial charge in [0.25, 0.3) is 0 Å². The Hall–Kier alpha value is -0.460. The van der Waals surface area contributed by atoms with Crippen LogP contribution in [0.15, 0.2) is 37.9 Å². The lowest BCUT2D eigenvalue weighted by atomic mass is 10.1. The fraction of sp³-hybridized carbons (Fsp3) is 0.231. The van der Waals surface area contributed by atoms with Crippen molar-refractivity contribution in [1.82, 2.24) is 9.97 Å². The number of rotatable bonds is 3. The van der Waals surface area contributed by atoms with Crippen molar-refractivity contribution in [2.45, 2.75) is 19.9 Å². The van der Waals surface area contributed by atoms with Crippen molar-refractivity contribution < 1.29 is 0 Å². The number of nitrogens with one attached hydrogen (secondary N) is 1. The summed E-state index contributed by atoms with van der Waals surface area (Å²) in [4.78, 5) is 8.65. The molecule has 1 unspecified atom stereocenters. The van der Waals surface area contributed by atoms with Gasteiger partial charge in [-0.3, -0.25) is 9.97 Å². The van der Waals surface area contributed by atoms with Crippen LogP contribution >= 0.6 is 47.8 Å². The second-order valence-electron chi connectivity index (χ2n) is 4.14. The number of benzene rings is 1. The molecule has 0 aliphatic heterocycles. The molecule has 2 rings (SSSR count).